The summed E-state index contributed by atoms with van der Waals surface area (Å²) in [6.07, 6.45) is 6.56. The normalized spacial score (nSPS) is 16.9. The summed E-state index contributed by atoms with van der Waals surface area (Å²) < 4.78 is 0. The molecule has 1 saturated heterocycles. The highest BCUT2D eigenvalue weighted by molar-refractivity contribution is 5.97. The van der Waals surface area contributed by atoms with Crippen LogP contribution in [0.2, 0.25) is 0 Å². The first kappa shape index (κ1) is 10.9. The molecule has 4 nitrogen and oxygen atoms in total. The molecule has 1 aliphatic rings. The highest BCUT2D eigenvalue weighted by atomic mass is 16.1. The van der Waals surface area contributed by atoms with E-state index >= 15 is 0 Å². The smallest absolute Gasteiger partial charge is 0.252 e. The van der Waals surface area contributed by atoms with E-state index in [-0.39, 0.29) is 0 Å². The van der Waals surface area contributed by atoms with Gasteiger partial charge in [0.25, 0.3) is 5.91 Å². The number of carbonyl (C=O) groups excluding carboxylic acids is 1. The number of hydrogen-bond acceptors (Lipinski definition) is 3. The fourth-order valence-electron chi connectivity index (χ4n) is 2.12. The van der Waals surface area contributed by atoms with Crippen LogP contribution in [0, 0.1) is 0 Å². The Morgan fingerprint density at radius 3 is 2.56 bits per heavy atom. The number of rotatable bonds is 2. The van der Waals surface area contributed by atoms with Gasteiger partial charge in [-0.1, -0.05) is 12.8 Å². The molecule has 1 aromatic rings. The minimum absolute atomic E-state index is 0.396. The van der Waals surface area contributed by atoms with E-state index in [1.54, 1.807) is 18.3 Å². The van der Waals surface area contributed by atoms with E-state index < -0.39 is 5.91 Å². The Hall–Kier alpha value is -1.58. The van der Waals surface area contributed by atoms with Crippen molar-refractivity contribution in [2.24, 2.45) is 5.73 Å². The van der Waals surface area contributed by atoms with Crippen molar-refractivity contribution in [3.05, 3.63) is 23.9 Å². The molecule has 0 radical (unpaired) electrons. The maximum absolute atomic E-state index is 11.3. The molecule has 1 aromatic heterocycles. The van der Waals surface area contributed by atoms with Crippen molar-refractivity contribution < 1.29 is 4.79 Å². The topological polar surface area (TPSA) is 59.2 Å². The molecular formula is C12H17N3O. The van der Waals surface area contributed by atoms with E-state index in [1.807, 2.05) is 0 Å². The van der Waals surface area contributed by atoms with Gasteiger partial charge in [0.05, 0.1) is 5.56 Å². The van der Waals surface area contributed by atoms with Crippen LogP contribution in [0.4, 0.5) is 5.82 Å². The summed E-state index contributed by atoms with van der Waals surface area (Å²) in [4.78, 5) is 17.8. The Bertz CT molecular complexity index is 370. The molecule has 0 aromatic carbocycles. The second-order valence-corrected chi connectivity index (χ2v) is 4.14. The first-order valence-electron chi connectivity index (χ1n) is 5.79. The van der Waals surface area contributed by atoms with Crippen molar-refractivity contribution >= 4 is 11.7 Å². The van der Waals surface area contributed by atoms with E-state index in [2.05, 4.69) is 9.88 Å². The number of nitrogens with zero attached hydrogens (tertiary/aromatic N) is 2. The molecule has 2 rings (SSSR count). The molecule has 1 amide bonds. The summed E-state index contributed by atoms with van der Waals surface area (Å²) in [5, 5.41) is 0. The van der Waals surface area contributed by atoms with Gasteiger partial charge in [-0.2, -0.15) is 0 Å². The lowest BCUT2D eigenvalue weighted by Gasteiger charge is -2.22. The highest BCUT2D eigenvalue weighted by Crippen LogP contribution is 2.20. The molecule has 0 atom stereocenters. The molecular weight excluding hydrogens is 202 g/mol. The van der Waals surface area contributed by atoms with Crippen molar-refractivity contribution in [3.8, 4) is 0 Å². The largest absolute Gasteiger partial charge is 0.365 e. The second-order valence-electron chi connectivity index (χ2n) is 4.14. The Morgan fingerprint density at radius 2 is 1.94 bits per heavy atom. The molecule has 0 saturated carbocycles. The predicted molar refractivity (Wildman–Crippen MR) is 63.4 cm³/mol. The van der Waals surface area contributed by atoms with Gasteiger partial charge in [0.1, 0.15) is 5.82 Å². The Labute approximate surface area is 95.5 Å². The van der Waals surface area contributed by atoms with Crippen LogP contribution in [0.5, 0.6) is 0 Å². The molecule has 16 heavy (non-hydrogen) atoms. The molecule has 2 heterocycles. The number of hydrogen-bond donors (Lipinski definition) is 1. The van der Waals surface area contributed by atoms with Gasteiger partial charge in [-0.25, -0.2) is 4.98 Å². The zero-order valence-electron chi connectivity index (χ0n) is 9.35. The summed E-state index contributed by atoms with van der Waals surface area (Å²) in [7, 11) is 0. The molecule has 2 N–H and O–H groups in total. The first-order valence-corrected chi connectivity index (χ1v) is 5.79. The van der Waals surface area contributed by atoms with E-state index in [9.17, 15) is 4.79 Å². The molecule has 86 valence electrons. The lowest BCUT2D eigenvalue weighted by molar-refractivity contribution is 0.100. The summed E-state index contributed by atoms with van der Waals surface area (Å²) >= 11 is 0. The van der Waals surface area contributed by atoms with Crippen LogP contribution in [0.1, 0.15) is 36.0 Å². The number of primary amides is 1. The van der Waals surface area contributed by atoms with Gasteiger partial charge < -0.3 is 10.6 Å². The van der Waals surface area contributed by atoms with Crippen LogP contribution >= 0.6 is 0 Å². The van der Waals surface area contributed by atoms with Crippen molar-refractivity contribution in [1.82, 2.24) is 4.98 Å². The Balaban J connectivity index is 2.27. The number of amides is 1. The number of pyridine rings is 1. The van der Waals surface area contributed by atoms with Gasteiger partial charge in [0.2, 0.25) is 0 Å². The number of anilines is 1. The van der Waals surface area contributed by atoms with Crippen molar-refractivity contribution in [1.29, 1.82) is 0 Å². The molecule has 0 unspecified atom stereocenters. The highest BCUT2D eigenvalue weighted by Gasteiger charge is 2.16. The molecule has 1 aliphatic heterocycles. The fourth-order valence-corrected chi connectivity index (χ4v) is 2.12. The monoisotopic (exact) mass is 219 g/mol. The number of carbonyl (C=O) groups is 1. The minimum atomic E-state index is -0.396. The van der Waals surface area contributed by atoms with Gasteiger partial charge in [-0.15, -0.1) is 0 Å². The average molecular weight is 219 g/mol. The first-order chi connectivity index (χ1) is 7.79. The summed E-state index contributed by atoms with van der Waals surface area (Å²) in [6.45, 7) is 1.94. The number of aromatic nitrogens is 1. The van der Waals surface area contributed by atoms with Crippen LogP contribution in [0.3, 0.4) is 0 Å². The van der Waals surface area contributed by atoms with Gasteiger partial charge in [-0.05, 0) is 25.0 Å². The summed E-state index contributed by atoms with van der Waals surface area (Å²) in [5.74, 6) is 0.351. The van der Waals surface area contributed by atoms with E-state index in [1.165, 1.54) is 12.8 Å². The van der Waals surface area contributed by atoms with Crippen LogP contribution in [0.25, 0.3) is 0 Å². The maximum Gasteiger partial charge on any atom is 0.252 e. The lowest BCUT2D eigenvalue weighted by atomic mass is 10.2. The van der Waals surface area contributed by atoms with E-state index in [0.717, 1.165) is 31.7 Å². The minimum Gasteiger partial charge on any atom is -0.365 e. The van der Waals surface area contributed by atoms with E-state index in [0.29, 0.717) is 5.56 Å². The van der Waals surface area contributed by atoms with Gasteiger partial charge in [0.15, 0.2) is 0 Å². The molecule has 0 spiro atoms. The van der Waals surface area contributed by atoms with E-state index in [4.69, 9.17) is 5.73 Å². The molecule has 0 aliphatic carbocycles. The third-order valence-corrected chi connectivity index (χ3v) is 2.96. The van der Waals surface area contributed by atoms with Crippen LogP contribution in [-0.2, 0) is 0 Å². The Morgan fingerprint density at radius 1 is 1.25 bits per heavy atom. The van der Waals surface area contributed by atoms with Gasteiger partial charge >= 0.3 is 0 Å². The standard InChI is InChI=1S/C12H17N3O/c13-11(16)10-6-5-7-14-12(10)15-8-3-1-2-4-9-15/h5-7H,1-4,8-9H2,(H2,13,16). The third-order valence-electron chi connectivity index (χ3n) is 2.96. The Kier molecular flexibility index (Phi) is 3.39. The fraction of sp³-hybridized carbons (Fsp3) is 0.500. The van der Waals surface area contributed by atoms with Crippen molar-refractivity contribution in [2.45, 2.75) is 25.7 Å². The molecule has 1 fully saturated rings. The quantitative estimate of drug-likeness (QED) is 0.821. The van der Waals surface area contributed by atoms with Crippen molar-refractivity contribution in [2.75, 3.05) is 18.0 Å². The zero-order valence-corrected chi connectivity index (χ0v) is 9.35. The van der Waals surface area contributed by atoms with Crippen molar-refractivity contribution in [3.63, 3.8) is 0 Å². The van der Waals surface area contributed by atoms with Crippen LogP contribution in [0.15, 0.2) is 18.3 Å². The molecule has 4 heteroatoms. The van der Waals surface area contributed by atoms with Gasteiger partial charge in [0, 0.05) is 19.3 Å². The number of nitrogens with two attached hydrogens (primary N) is 1. The maximum atomic E-state index is 11.3. The lowest BCUT2D eigenvalue weighted by Crippen LogP contribution is -2.28. The molecule has 0 bridgehead atoms. The summed E-state index contributed by atoms with van der Waals surface area (Å²) in [6, 6.07) is 3.50. The second kappa shape index (κ2) is 4.96. The summed E-state index contributed by atoms with van der Waals surface area (Å²) in [5.41, 5.74) is 5.89. The average Bonchev–Trinajstić information content (AvgIpc) is 2.57. The SMILES string of the molecule is NC(=O)c1cccnc1N1CCCCCC1. The van der Waals surface area contributed by atoms with Crippen LogP contribution < -0.4 is 10.6 Å². The zero-order chi connectivity index (χ0) is 11.4. The predicted octanol–water partition coefficient (Wildman–Crippen LogP) is 1.56. The van der Waals surface area contributed by atoms with Crippen LogP contribution in [-0.4, -0.2) is 24.0 Å². The van der Waals surface area contributed by atoms with Gasteiger partial charge in [-0.3, -0.25) is 4.79 Å². The third kappa shape index (κ3) is 2.32.